The monoisotopic (exact) mass is 409 g/mol. The van der Waals surface area contributed by atoms with Gasteiger partial charge in [0, 0.05) is 6.54 Å². The number of rotatable bonds is 9. The van der Waals surface area contributed by atoms with E-state index in [9.17, 15) is 9.59 Å². The van der Waals surface area contributed by atoms with Crippen molar-refractivity contribution in [2.45, 2.75) is 44.7 Å². The second-order valence-electron chi connectivity index (χ2n) is 7.04. The Labute approximate surface area is 175 Å². The van der Waals surface area contributed by atoms with Gasteiger partial charge in [0.25, 0.3) is 5.56 Å². The molecule has 2 aromatic carbocycles. The first kappa shape index (κ1) is 21.1. The van der Waals surface area contributed by atoms with Gasteiger partial charge in [-0.15, -0.1) is 0 Å². The largest absolute Gasteiger partial charge is 0.355 e. The molecule has 1 heterocycles. The molecule has 0 radical (unpaired) electrons. The third kappa shape index (κ3) is 5.26. The third-order valence-electron chi connectivity index (χ3n) is 4.79. The fourth-order valence-corrected chi connectivity index (χ4v) is 4.03. The Morgan fingerprint density at radius 1 is 1.07 bits per heavy atom. The van der Waals surface area contributed by atoms with Crippen molar-refractivity contribution >= 4 is 28.6 Å². The summed E-state index contributed by atoms with van der Waals surface area (Å²) in [6.07, 6.45) is 4.48. The molecular formula is C23H27N3O2S. The van der Waals surface area contributed by atoms with Crippen molar-refractivity contribution in [1.29, 1.82) is 0 Å². The van der Waals surface area contributed by atoms with Crippen LogP contribution >= 0.6 is 11.8 Å². The maximum absolute atomic E-state index is 13.2. The fraction of sp³-hybridized carbons (Fsp3) is 0.348. The van der Waals surface area contributed by atoms with Gasteiger partial charge in [0.15, 0.2) is 5.16 Å². The van der Waals surface area contributed by atoms with E-state index in [0.29, 0.717) is 22.6 Å². The number of aryl methyl sites for hydroxylation is 1. The number of thioether (sulfide) groups is 1. The van der Waals surface area contributed by atoms with Gasteiger partial charge in [0.1, 0.15) is 0 Å². The average molecular weight is 410 g/mol. The van der Waals surface area contributed by atoms with E-state index in [2.05, 4.69) is 12.2 Å². The van der Waals surface area contributed by atoms with Crippen molar-refractivity contribution in [3.63, 3.8) is 0 Å². The van der Waals surface area contributed by atoms with Crippen LogP contribution in [0.25, 0.3) is 16.6 Å². The first-order valence-electron chi connectivity index (χ1n) is 10.1. The van der Waals surface area contributed by atoms with Gasteiger partial charge in [0.05, 0.1) is 22.3 Å². The van der Waals surface area contributed by atoms with Crippen LogP contribution in [0.4, 0.5) is 0 Å². The number of aromatic nitrogens is 2. The van der Waals surface area contributed by atoms with E-state index in [4.69, 9.17) is 4.98 Å². The standard InChI is InChI=1S/C23H27N3O2S/c1-3-4-5-10-15-24-21(27)16-29-23-25-19-13-8-7-12-18(19)22(28)26(23)20-14-9-6-11-17(20)2/h6-9,11-14H,3-5,10,15-16H2,1-2H3,(H,24,27). The minimum absolute atomic E-state index is 0.0368. The number of para-hydroxylation sites is 2. The number of nitrogens with zero attached hydrogens (tertiary/aromatic N) is 2. The van der Waals surface area contributed by atoms with Crippen molar-refractivity contribution < 1.29 is 4.79 Å². The predicted octanol–water partition coefficient (Wildman–Crippen LogP) is 4.48. The Morgan fingerprint density at radius 3 is 2.62 bits per heavy atom. The Balaban J connectivity index is 1.85. The van der Waals surface area contributed by atoms with Gasteiger partial charge in [-0.05, 0) is 37.1 Å². The van der Waals surface area contributed by atoms with Crippen molar-refractivity contribution in [3.05, 3.63) is 64.4 Å². The molecule has 0 aliphatic rings. The molecule has 0 aliphatic heterocycles. The lowest BCUT2D eigenvalue weighted by atomic mass is 10.2. The molecule has 0 atom stereocenters. The van der Waals surface area contributed by atoms with Gasteiger partial charge in [-0.3, -0.25) is 14.2 Å². The predicted molar refractivity (Wildman–Crippen MR) is 120 cm³/mol. The summed E-state index contributed by atoms with van der Waals surface area (Å²) in [7, 11) is 0. The van der Waals surface area contributed by atoms with Crippen molar-refractivity contribution in [1.82, 2.24) is 14.9 Å². The number of nitrogens with one attached hydrogen (secondary N) is 1. The first-order chi connectivity index (χ1) is 14.1. The number of carbonyl (C=O) groups excluding carboxylic acids is 1. The van der Waals surface area contributed by atoms with E-state index in [1.807, 2.05) is 49.4 Å². The van der Waals surface area contributed by atoms with Gasteiger partial charge in [-0.2, -0.15) is 0 Å². The lowest BCUT2D eigenvalue weighted by molar-refractivity contribution is -0.118. The Hall–Kier alpha value is -2.60. The minimum Gasteiger partial charge on any atom is -0.355 e. The highest BCUT2D eigenvalue weighted by Gasteiger charge is 2.15. The number of unbranched alkanes of at least 4 members (excludes halogenated alkanes) is 3. The normalized spacial score (nSPS) is 11.0. The van der Waals surface area contributed by atoms with Crippen molar-refractivity contribution in [2.75, 3.05) is 12.3 Å². The molecular weight excluding hydrogens is 382 g/mol. The maximum atomic E-state index is 13.2. The van der Waals surface area contributed by atoms with Crippen LogP contribution in [-0.2, 0) is 4.79 Å². The average Bonchev–Trinajstić information content (AvgIpc) is 2.73. The Bertz CT molecular complexity index is 1050. The summed E-state index contributed by atoms with van der Waals surface area (Å²) >= 11 is 1.30. The topological polar surface area (TPSA) is 64.0 Å². The molecule has 5 nitrogen and oxygen atoms in total. The maximum Gasteiger partial charge on any atom is 0.266 e. The second-order valence-corrected chi connectivity index (χ2v) is 7.98. The van der Waals surface area contributed by atoms with Crippen LogP contribution in [0.5, 0.6) is 0 Å². The van der Waals surface area contributed by atoms with Gasteiger partial charge in [-0.1, -0.05) is 68.3 Å². The minimum atomic E-state index is -0.118. The molecule has 3 aromatic rings. The molecule has 0 unspecified atom stereocenters. The SMILES string of the molecule is CCCCCCNC(=O)CSc1nc2ccccc2c(=O)n1-c1ccccc1C. The summed E-state index contributed by atoms with van der Waals surface area (Å²) in [6, 6.07) is 15.0. The van der Waals surface area contributed by atoms with Crippen molar-refractivity contribution in [3.8, 4) is 5.69 Å². The number of amides is 1. The summed E-state index contributed by atoms with van der Waals surface area (Å²) < 4.78 is 1.62. The Kier molecular flexibility index (Phi) is 7.47. The number of hydrogen-bond donors (Lipinski definition) is 1. The quantitative estimate of drug-likeness (QED) is 0.321. The Morgan fingerprint density at radius 2 is 1.83 bits per heavy atom. The zero-order valence-corrected chi connectivity index (χ0v) is 17.8. The van der Waals surface area contributed by atoms with E-state index >= 15 is 0 Å². The number of fused-ring (bicyclic) bond motifs is 1. The van der Waals surface area contributed by atoms with E-state index in [1.165, 1.54) is 24.6 Å². The molecule has 0 spiro atoms. The summed E-state index contributed by atoms with van der Waals surface area (Å²) in [5.41, 5.74) is 2.30. The van der Waals surface area contributed by atoms with E-state index in [1.54, 1.807) is 10.6 Å². The molecule has 1 N–H and O–H groups in total. The van der Waals surface area contributed by atoms with Crippen LogP contribution in [0, 0.1) is 6.92 Å². The van der Waals surface area contributed by atoms with Crippen LogP contribution in [0.1, 0.15) is 38.2 Å². The zero-order valence-electron chi connectivity index (χ0n) is 17.0. The highest BCUT2D eigenvalue weighted by Crippen LogP contribution is 2.22. The van der Waals surface area contributed by atoms with Crippen LogP contribution < -0.4 is 10.9 Å². The summed E-state index contributed by atoms with van der Waals surface area (Å²) in [5, 5.41) is 4.06. The number of benzene rings is 2. The molecule has 29 heavy (non-hydrogen) atoms. The van der Waals surface area contributed by atoms with Crippen LogP contribution in [0.3, 0.4) is 0 Å². The molecule has 152 valence electrons. The molecule has 0 saturated carbocycles. The molecule has 1 aromatic heterocycles. The molecule has 0 saturated heterocycles. The zero-order chi connectivity index (χ0) is 20.6. The fourth-order valence-electron chi connectivity index (χ4n) is 3.20. The lowest BCUT2D eigenvalue weighted by Gasteiger charge is -2.15. The molecule has 3 rings (SSSR count). The molecule has 0 bridgehead atoms. The van der Waals surface area contributed by atoms with Gasteiger partial charge < -0.3 is 5.32 Å². The molecule has 0 fully saturated rings. The van der Waals surface area contributed by atoms with Gasteiger partial charge >= 0.3 is 0 Å². The smallest absolute Gasteiger partial charge is 0.266 e. The van der Waals surface area contributed by atoms with Gasteiger partial charge in [-0.25, -0.2) is 4.98 Å². The highest BCUT2D eigenvalue weighted by atomic mass is 32.2. The lowest BCUT2D eigenvalue weighted by Crippen LogP contribution is -2.27. The first-order valence-corrected chi connectivity index (χ1v) is 11.1. The molecule has 6 heteroatoms. The van der Waals surface area contributed by atoms with Crippen LogP contribution in [-0.4, -0.2) is 27.8 Å². The number of hydrogen-bond acceptors (Lipinski definition) is 4. The highest BCUT2D eigenvalue weighted by molar-refractivity contribution is 7.99. The molecule has 1 amide bonds. The summed E-state index contributed by atoms with van der Waals surface area (Å²) in [4.78, 5) is 30.2. The molecule has 0 aliphatic carbocycles. The van der Waals surface area contributed by atoms with Gasteiger partial charge in [0.2, 0.25) is 5.91 Å². The summed E-state index contributed by atoms with van der Waals surface area (Å²) in [6.45, 7) is 4.82. The van der Waals surface area contributed by atoms with E-state index in [-0.39, 0.29) is 17.2 Å². The number of carbonyl (C=O) groups is 1. The van der Waals surface area contributed by atoms with E-state index < -0.39 is 0 Å². The third-order valence-corrected chi connectivity index (χ3v) is 5.72. The summed E-state index contributed by atoms with van der Waals surface area (Å²) in [5.74, 6) is 0.190. The second kappa shape index (κ2) is 10.3. The van der Waals surface area contributed by atoms with E-state index in [0.717, 1.165) is 24.1 Å². The van der Waals surface area contributed by atoms with Crippen LogP contribution in [0.15, 0.2) is 58.5 Å². The van der Waals surface area contributed by atoms with Crippen LogP contribution in [0.2, 0.25) is 0 Å². The van der Waals surface area contributed by atoms with Crippen molar-refractivity contribution in [2.24, 2.45) is 0 Å².